The number of fused-ring (bicyclic) bond motifs is 1. The normalized spacial score (nSPS) is 12.2. The van der Waals surface area contributed by atoms with Gasteiger partial charge in [-0.2, -0.15) is 4.73 Å². The summed E-state index contributed by atoms with van der Waals surface area (Å²) in [4.78, 5) is 8.26. The van der Waals surface area contributed by atoms with E-state index in [-0.39, 0.29) is 6.61 Å². The minimum atomic E-state index is -0.0299. The summed E-state index contributed by atoms with van der Waals surface area (Å²) < 4.78 is 0.912. The highest BCUT2D eigenvalue weighted by molar-refractivity contribution is 5.70. The number of nitrogens with two attached hydrogens (primary N) is 1. The lowest BCUT2D eigenvalue weighted by atomic mass is 10.1. The van der Waals surface area contributed by atoms with Gasteiger partial charge in [0.15, 0.2) is 0 Å². The SMILES string of the molecule is Nc1ccc(=NCCO)c2nccn(O)c1-2. The van der Waals surface area contributed by atoms with Gasteiger partial charge >= 0.3 is 0 Å². The number of rotatable bonds is 2. The van der Waals surface area contributed by atoms with Gasteiger partial charge in [0, 0.05) is 6.20 Å². The molecule has 0 aromatic heterocycles. The Labute approximate surface area is 91.6 Å². The monoisotopic (exact) mass is 220 g/mol. The van der Waals surface area contributed by atoms with Gasteiger partial charge in [-0.05, 0) is 12.1 Å². The van der Waals surface area contributed by atoms with E-state index >= 15 is 0 Å². The van der Waals surface area contributed by atoms with Gasteiger partial charge in [-0.25, -0.2) is 0 Å². The van der Waals surface area contributed by atoms with Crippen LogP contribution in [-0.2, 0) is 0 Å². The van der Waals surface area contributed by atoms with Crippen LogP contribution in [0.3, 0.4) is 0 Å². The lowest BCUT2D eigenvalue weighted by Gasteiger charge is -2.11. The Kier molecular flexibility index (Phi) is 2.74. The van der Waals surface area contributed by atoms with Crippen molar-refractivity contribution in [3.8, 4) is 11.4 Å². The molecular formula is C10H12N4O2. The molecule has 0 unspecified atom stereocenters. The van der Waals surface area contributed by atoms with Crippen molar-refractivity contribution >= 4 is 5.69 Å². The van der Waals surface area contributed by atoms with Crippen LogP contribution < -0.4 is 11.1 Å². The number of benzene rings is 1. The van der Waals surface area contributed by atoms with Crippen LogP contribution in [0.2, 0.25) is 0 Å². The number of aliphatic hydroxyl groups is 1. The average Bonchev–Trinajstić information content (AvgIpc) is 2.28. The van der Waals surface area contributed by atoms with E-state index in [4.69, 9.17) is 10.8 Å². The fourth-order valence-electron chi connectivity index (χ4n) is 1.50. The van der Waals surface area contributed by atoms with Crippen molar-refractivity contribution in [1.29, 1.82) is 0 Å². The Morgan fingerprint density at radius 3 is 3.00 bits per heavy atom. The number of nitrogens with zero attached hydrogens (tertiary/aromatic N) is 3. The van der Waals surface area contributed by atoms with Crippen LogP contribution in [0.1, 0.15) is 0 Å². The summed E-state index contributed by atoms with van der Waals surface area (Å²) in [7, 11) is 0. The van der Waals surface area contributed by atoms with Crippen molar-refractivity contribution in [2.75, 3.05) is 18.9 Å². The number of anilines is 1. The highest BCUT2D eigenvalue weighted by atomic mass is 16.5. The summed E-state index contributed by atoms with van der Waals surface area (Å²) in [6, 6.07) is 3.35. The maximum Gasteiger partial charge on any atom is 0.130 e. The first-order chi connectivity index (χ1) is 7.74. The molecule has 84 valence electrons. The first kappa shape index (κ1) is 10.4. The predicted molar refractivity (Wildman–Crippen MR) is 58.0 cm³/mol. The standard InChI is InChI=1S/C10H12N4O2/c11-7-1-2-8(12-4-6-15)9-10(7)14(16)5-3-13-9/h1-3,5,15-16H,4,6,11H2. The molecule has 0 radical (unpaired) electrons. The molecule has 0 amide bonds. The third kappa shape index (κ3) is 1.70. The molecule has 0 fully saturated rings. The molecule has 0 saturated carbocycles. The smallest absolute Gasteiger partial charge is 0.130 e. The van der Waals surface area contributed by atoms with E-state index in [1.807, 2.05) is 0 Å². The van der Waals surface area contributed by atoms with Crippen molar-refractivity contribution in [2.45, 2.75) is 0 Å². The molecule has 0 bridgehead atoms. The minimum Gasteiger partial charge on any atom is -0.428 e. The van der Waals surface area contributed by atoms with E-state index in [1.54, 1.807) is 12.1 Å². The average molecular weight is 220 g/mol. The van der Waals surface area contributed by atoms with Crippen LogP contribution in [-0.4, -0.2) is 33.2 Å². The van der Waals surface area contributed by atoms with Crippen LogP contribution >= 0.6 is 0 Å². The molecule has 0 aromatic carbocycles. The lowest BCUT2D eigenvalue weighted by molar-refractivity contribution is 0.188. The topological polar surface area (TPSA) is 96.7 Å². The van der Waals surface area contributed by atoms with E-state index in [1.165, 1.54) is 12.4 Å². The molecule has 6 nitrogen and oxygen atoms in total. The van der Waals surface area contributed by atoms with Gasteiger partial charge in [0.2, 0.25) is 0 Å². The van der Waals surface area contributed by atoms with Gasteiger partial charge in [-0.15, -0.1) is 0 Å². The summed E-state index contributed by atoms with van der Waals surface area (Å²) in [5.41, 5.74) is 7.10. The van der Waals surface area contributed by atoms with Crippen LogP contribution in [0.15, 0.2) is 29.5 Å². The van der Waals surface area contributed by atoms with Crippen molar-refractivity contribution < 1.29 is 10.3 Å². The van der Waals surface area contributed by atoms with Gasteiger partial charge in [0.25, 0.3) is 0 Å². The van der Waals surface area contributed by atoms with Crippen LogP contribution in [0.5, 0.6) is 0 Å². The highest BCUT2D eigenvalue weighted by Crippen LogP contribution is 2.20. The van der Waals surface area contributed by atoms with Crippen molar-refractivity contribution in [2.24, 2.45) is 4.99 Å². The third-order valence-electron chi connectivity index (χ3n) is 2.18. The molecule has 1 heterocycles. The van der Waals surface area contributed by atoms with E-state index < -0.39 is 0 Å². The van der Waals surface area contributed by atoms with Crippen molar-refractivity contribution in [1.82, 2.24) is 9.71 Å². The van der Waals surface area contributed by atoms with E-state index in [0.717, 1.165) is 4.73 Å². The third-order valence-corrected chi connectivity index (χ3v) is 2.18. The number of aromatic nitrogens is 2. The number of aliphatic hydroxyl groups excluding tert-OH is 1. The van der Waals surface area contributed by atoms with Gasteiger partial charge in [0.1, 0.15) is 11.4 Å². The number of nitrogen functional groups attached to an aromatic ring is 1. The Hall–Kier alpha value is -2.08. The summed E-state index contributed by atoms with van der Waals surface area (Å²) >= 11 is 0. The van der Waals surface area contributed by atoms with Gasteiger partial charge < -0.3 is 16.0 Å². The predicted octanol–water partition coefficient (Wildman–Crippen LogP) is -0.300. The molecule has 0 spiro atoms. The minimum absolute atomic E-state index is 0.0299. The molecular weight excluding hydrogens is 208 g/mol. The molecule has 6 heteroatoms. The fourth-order valence-corrected chi connectivity index (χ4v) is 1.50. The second-order valence-electron chi connectivity index (χ2n) is 3.25. The fraction of sp³-hybridized carbons (Fsp3) is 0.200. The van der Waals surface area contributed by atoms with Crippen molar-refractivity contribution in [3.05, 3.63) is 29.9 Å². The maximum absolute atomic E-state index is 9.61. The largest absolute Gasteiger partial charge is 0.428 e. The van der Waals surface area contributed by atoms with Crippen molar-refractivity contribution in [3.63, 3.8) is 0 Å². The quantitative estimate of drug-likeness (QED) is 0.478. The van der Waals surface area contributed by atoms with E-state index in [9.17, 15) is 5.21 Å². The number of hydrogen-bond acceptors (Lipinski definition) is 5. The van der Waals surface area contributed by atoms with Gasteiger partial charge in [0.05, 0.1) is 30.4 Å². The molecule has 0 saturated heterocycles. The Morgan fingerprint density at radius 2 is 2.25 bits per heavy atom. The first-order valence-corrected chi connectivity index (χ1v) is 4.80. The molecule has 4 N–H and O–H groups in total. The number of hydrogen-bond donors (Lipinski definition) is 3. The molecule has 1 aliphatic carbocycles. The Bertz CT molecular complexity index is 535. The van der Waals surface area contributed by atoms with Crippen LogP contribution in [0, 0.1) is 0 Å². The maximum atomic E-state index is 9.61. The molecule has 2 aliphatic rings. The summed E-state index contributed by atoms with van der Waals surface area (Å²) in [6.45, 7) is 0.263. The summed E-state index contributed by atoms with van der Waals surface area (Å²) in [5, 5.41) is 18.9. The highest BCUT2D eigenvalue weighted by Gasteiger charge is 2.12. The van der Waals surface area contributed by atoms with Gasteiger partial charge in [-0.3, -0.25) is 9.98 Å². The summed E-state index contributed by atoms with van der Waals surface area (Å²) in [5.74, 6) is 0. The molecule has 1 aliphatic heterocycles. The van der Waals surface area contributed by atoms with E-state index in [0.29, 0.717) is 29.0 Å². The Balaban J connectivity index is 2.70. The molecule has 16 heavy (non-hydrogen) atoms. The molecule has 0 atom stereocenters. The second-order valence-corrected chi connectivity index (χ2v) is 3.25. The zero-order valence-electron chi connectivity index (χ0n) is 8.54. The van der Waals surface area contributed by atoms with Crippen LogP contribution in [0.4, 0.5) is 5.69 Å². The molecule has 0 aromatic rings. The first-order valence-electron chi connectivity index (χ1n) is 4.80. The zero-order chi connectivity index (χ0) is 11.5. The lowest BCUT2D eigenvalue weighted by Crippen LogP contribution is -2.16. The summed E-state index contributed by atoms with van der Waals surface area (Å²) in [6.07, 6.45) is 2.86. The van der Waals surface area contributed by atoms with Gasteiger partial charge in [-0.1, -0.05) is 0 Å². The van der Waals surface area contributed by atoms with Crippen LogP contribution in [0.25, 0.3) is 11.4 Å². The zero-order valence-corrected chi connectivity index (χ0v) is 8.54. The second kappa shape index (κ2) is 4.19. The Morgan fingerprint density at radius 1 is 1.44 bits per heavy atom. The van der Waals surface area contributed by atoms with E-state index in [2.05, 4.69) is 9.98 Å². The molecule has 2 rings (SSSR count).